The van der Waals surface area contributed by atoms with Gasteiger partial charge in [0.1, 0.15) is 0 Å². The maximum absolute atomic E-state index is 2.72. The van der Waals surface area contributed by atoms with E-state index in [2.05, 4.69) is 58.3 Å². The number of rotatable bonds is 5. The van der Waals surface area contributed by atoms with Crippen molar-refractivity contribution in [1.29, 1.82) is 0 Å². The second-order valence-electron chi connectivity index (χ2n) is 9.74. The zero-order valence-electron chi connectivity index (χ0n) is 19.1. The summed E-state index contributed by atoms with van der Waals surface area (Å²) in [5.74, 6) is 0. The zero-order chi connectivity index (χ0) is 20.9. The fraction of sp³-hybridized carbons (Fsp3) is 0.517. The second-order valence-corrected chi connectivity index (χ2v) is 9.74. The van der Waals surface area contributed by atoms with Crippen LogP contribution < -0.4 is 0 Å². The van der Waals surface area contributed by atoms with Gasteiger partial charge in [0.15, 0.2) is 0 Å². The quantitative estimate of drug-likeness (QED) is 0.558. The molecule has 164 valence electrons. The summed E-state index contributed by atoms with van der Waals surface area (Å²) in [5.41, 5.74) is 9.30. The summed E-state index contributed by atoms with van der Waals surface area (Å²) in [6.45, 7) is 7.73. The molecule has 0 unspecified atom stereocenters. The Kier molecular flexibility index (Phi) is 6.86. The van der Waals surface area contributed by atoms with Gasteiger partial charge in [0.2, 0.25) is 0 Å². The van der Waals surface area contributed by atoms with Crippen molar-refractivity contribution in [2.75, 3.05) is 39.3 Å². The van der Waals surface area contributed by atoms with Crippen molar-refractivity contribution in [2.24, 2.45) is 0 Å². The van der Waals surface area contributed by atoms with E-state index < -0.39 is 0 Å². The number of fused-ring (bicyclic) bond motifs is 2. The minimum absolute atomic E-state index is 1.16. The van der Waals surface area contributed by atoms with Gasteiger partial charge in [-0.2, -0.15) is 0 Å². The lowest BCUT2D eigenvalue weighted by Gasteiger charge is -2.31. The maximum Gasteiger partial charge on any atom is 0.00190 e. The van der Waals surface area contributed by atoms with Crippen molar-refractivity contribution in [3.05, 3.63) is 76.4 Å². The molecule has 0 spiro atoms. The molecule has 0 N–H and O–H groups in total. The topological polar surface area (TPSA) is 6.48 Å². The van der Waals surface area contributed by atoms with E-state index in [0.717, 1.165) is 12.8 Å². The minimum atomic E-state index is 1.16. The Morgan fingerprint density at radius 1 is 0.548 bits per heavy atom. The summed E-state index contributed by atoms with van der Waals surface area (Å²) in [4.78, 5) is 5.40. The molecule has 2 aromatic carbocycles. The molecule has 0 amide bonds. The van der Waals surface area contributed by atoms with Gasteiger partial charge in [0.05, 0.1) is 0 Å². The number of benzene rings is 2. The third-order valence-corrected chi connectivity index (χ3v) is 7.70. The lowest BCUT2D eigenvalue weighted by molar-refractivity contribution is 0.210. The average Bonchev–Trinajstić information content (AvgIpc) is 3.00. The number of piperidine rings is 2. The molecule has 2 nitrogen and oxygen atoms in total. The molecule has 0 radical (unpaired) electrons. The summed E-state index contributed by atoms with van der Waals surface area (Å²) < 4.78 is 0. The number of aryl methyl sites for hydroxylation is 2. The van der Waals surface area contributed by atoms with Crippen LogP contribution >= 0.6 is 0 Å². The fourth-order valence-electron chi connectivity index (χ4n) is 5.91. The van der Waals surface area contributed by atoms with Crippen LogP contribution in [0.25, 0.3) is 5.57 Å². The van der Waals surface area contributed by atoms with Crippen molar-refractivity contribution in [3.8, 4) is 0 Å². The van der Waals surface area contributed by atoms with Crippen LogP contribution in [0, 0.1) is 0 Å². The average molecular weight is 415 g/mol. The second kappa shape index (κ2) is 10.1. The molecule has 2 aromatic rings. The molecule has 0 saturated carbocycles. The lowest BCUT2D eigenvalue weighted by atomic mass is 9.86. The number of hydrogen-bond acceptors (Lipinski definition) is 2. The molecule has 0 atom stereocenters. The Morgan fingerprint density at radius 2 is 1.06 bits per heavy atom. The van der Waals surface area contributed by atoms with Gasteiger partial charge >= 0.3 is 0 Å². The highest BCUT2D eigenvalue weighted by molar-refractivity contribution is 5.86. The zero-order valence-corrected chi connectivity index (χ0v) is 19.1. The first-order valence-corrected chi connectivity index (χ1v) is 12.7. The van der Waals surface area contributed by atoms with Crippen molar-refractivity contribution in [3.63, 3.8) is 0 Å². The molecule has 2 saturated heterocycles. The van der Waals surface area contributed by atoms with Crippen LogP contribution in [0.2, 0.25) is 0 Å². The van der Waals surface area contributed by atoms with E-state index in [-0.39, 0.29) is 0 Å². The van der Waals surface area contributed by atoms with Crippen LogP contribution in [0.1, 0.15) is 67.2 Å². The first-order chi connectivity index (χ1) is 15.4. The summed E-state index contributed by atoms with van der Waals surface area (Å²) >= 11 is 0. The van der Waals surface area contributed by atoms with Crippen molar-refractivity contribution >= 4 is 5.57 Å². The van der Waals surface area contributed by atoms with Crippen LogP contribution in [0.3, 0.4) is 0 Å². The van der Waals surface area contributed by atoms with E-state index >= 15 is 0 Å². The number of nitrogens with zero attached hydrogens (tertiary/aromatic N) is 2. The normalized spacial score (nSPS) is 20.3. The van der Waals surface area contributed by atoms with Crippen molar-refractivity contribution < 1.29 is 0 Å². The molecule has 2 aliphatic heterocycles. The smallest absolute Gasteiger partial charge is 0.00190 e. The van der Waals surface area contributed by atoms with Crippen LogP contribution in [0.4, 0.5) is 0 Å². The Morgan fingerprint density at radius 3 is 1.65 bits per heavy atom. The van der Waals surface area contributed by atoms with Gasteiger partial charge in [0.25, 0.3) is 0 Å². The maximum atomic E-state index is 2.72. The fourth-order valence-corrected chi connectivity index (χ4v) is 5.91. The van der Waals surface area contributed by atoms with Gasteiger partial charge < -0.3 is 9.80 Å². The van der Waals surface area contributed by atoms with Gasteiger partial charge in [-0.1, -0.05) is 60.5 Å². The van der Waals surface area contributed by atoms with E-state index in [1.54, 1.807) is 11.1 Å². The molecular weight excluding hydrogens is 376 g/mol. The van der Waals surface area contributed by atoms with Crippen LogP contribution in [-0.2, 0) is 12.8 Å². The van der Waals surface area contributed by atoms with Crippen LogP contribution in [0.5, 0.6) is 0 Å². The predicted molar refractivity (Wildman–Crippen MR) is 132 cm³/mol. The minimum Gasteiger partial charge on any atom is -0.303 e. The number of unbranched alkanes of at least 4 members (excludes halogenated alkanes) is 1. The molecule has 5 rings (SSSR count). The van der Waals surface area contributed by atoms with Gasteiger partial charge in [-0.3, -0.25) is 0 Å². The van der Waals surface area contributed by atoms with Crippen LogP contribution in [0.15, 0.2) is 54.1 Å². The highest BCUT2D eigenvalue weighted by Gasteiger charge is 2.23. The standard InChI is InChI=1S/C29H38N2/c1-6-18-30(19-7-1)20-8-9-21-31-22-16-26(17-23-31)29-27-12-4-2-10-24(27)14-15-25-11-3-5-13-28(25)29/h2-5,10-13H,1,6-9,14-23H2. The monoisotopic (exact) mass is 414 g/mol. The van der Waals surface area contributed by atoms with Gasteiger partial charge in [0, 0.05) is 13.1 Å². The predicted octanol–water partition coefficient (Wildman–Crippen LogP) is 5.95. The summed E-state index contributed by atoms with van der Waals surface area (Å²) in [6, 6.07) is 18.3. The Labute approximate surface area is 189 Å². The van der Waals surface area contributed by atoms with Crippen molar-refractivity contribution in [2.45, 2.75) is 57.8 Å². The van der Waals surface area contributed by atoms with Crippen LogP contribution in [-0.4, -0.2) is 49.1 Å². The molecule has 2 heteroatoms. The van der Waals surface area contributed by atoms with E-state index in [4.69, 9.17) is 0 Å². The van der Waals surface area contributed by atoms with Gasteiger partial charge in [-0.25, -0.2) is 0 Å². The molecule has 2 fully saturated rings. The Bertz CT molecular complexity index is 847. The number of hydrogen-bond donors (Lipinski definition) is 0. The molecule has 31 heavy (non-hydrogen) atoms. The Hall–Kier alpha value is -1.90. The third-order valence-electron chi connectivity index (χ3n) is 7.70. The SMILES string of the molecule is c1ccc2c(c1)CCc1ccccc1C2=C1CCN(CCCCN2CCCCC2)CC1. The van der Waals surface area contributed by atoms with E-state index in [9.17, 15) is 0 Å². The first kappa shape index (κ1) is 21.0. The molecule has 0 bridgehead atoms. The molecule has 2 heterocycles. The number of likely N-dealkylation sites (tertiary alicyclic amines) is 2. The summed E-state index contributed by atoms with van der Waals surface area (Å²) in [6.07, 6.45) is 11.8. The largest absolute Gasteiger partial charge is 0.303 e. The highest BCUT2D eigenvalue weighted by Crippen LogP contribution is 2.38. The van der Waals surface area contributed by atoms with E-state index in [0.29, 0.717) is 0 Å². The summed E-state index contributed by atoms with van der Waals surface area (Å²) in [5, 5.41) is 0. The highest BCUT2D eigenvalue weighted by atomic mass is 15.1. The summed E-state index contributed by atoms with van der Waals surface area (Å²) in [7, 11) is 0. The molecule has 1 aliphatic carbocycles. The molecule has 3 aliphatic rings. The first-order valence-electron chi connectivity index (χ1n) is 12.7. The van der Waals surface area contributed by atoms with E-state index in [1.807, 2.05) is 0 Å². The van der Waals surface area contributed by atoms with Gasteiger partial charge in [-0.15, -0.1) is 0 Å². The molecule has 0 aromatic heterocycles. The van der Waals surface area contributed by atoms with Gasteiger partial charge in [-0.05, 0) is 105 Å². The lowest BCUT2D eigenvalue weighted by Crippen LogP contribution is -2.33. The van der Waals surface area contributed by atoms with Crippen molar-refractivity contribution in [1.82, 2.24) is 9.80 Å². The third kappa shape index (κ3) is 4.96. The van der Waals surface area contributed by atoms with E-state index in [1.165, 1.54) is 106 Å². The Balaban J connectivity index is 1.24. The molecular formula is C29H38N2.